The van der Waals surface area contributed by atoms with Crippen LogP contribution in [0.25, 0.3) is 22.3 Å². The Hall–Kier alpha value is -7.34. The lowest BCUT2D eigenvalue weighted by atomic mass is 9.90. The van der Waals surface area contributed by atoms with Crippen molar-refractivity contribution in [2.75, 3.05) is 6.61 Å². The summed E-state index contributed by atoms with van der Waals surface area (Å²) in [5, 5.41) is 23.3. The molecule has 0 aliphatic carbocycles. The fourth-order valence-corrected chi connectivity index (χ4v) is 6.92. The van der Waals surface area contributed by atoms with E-state index in [1.165, 1.54) is 12.1 Å². The first-order valence-corrected chi connectivity index (χ1v) is 22.5. The average molecular weight is 909 g/mol. The summed E-state index contributed by atoms with van der Waals surface area (Å²) in [6.45, 7) is 16.9. The molecule has 0 aliphatic heterocycles. The molecule has 0 N–H and O–H groups in total. The van der Waals surface area contributed by atoms with Gasteiger partial charge in [0.25, 0.3) is 0 Å². The summed E-state index contributed by atoms with van der Waals surface area (Å²) in [7, 11) is 0. The molecular weight excluding hydrogens is 849 g/mol. The van der Waals surface area contributed by atoms with Gasteiger partial charge in [0, 0.05) is 12.1 Å². The van der Waals surface area contributed by atoms with Crippen LogP contribution in [0.1, 0.15) is 112 Å². The van der Waals surface area contributed by atoms with Crippen molar-refractivity contribution in [3.05, 3.63) is 176 Å². The standard InChI is InChI=1S/C28H31NO5.C27H29NO5/c1-20-7-9-22(10-8-20)27(30)34-24-14-11-21(12-15-24)23-13-16-26(25(19-23)29(31)32)33-18-6-5-17-28(2,3)4;1-5-6-17-27(3,4)33-25-16-13-22(18-24(25)28(30)31)20-11-14-23(15-12-20)32-26(29)21-9-7-19(2)8-10-21/h7-16,19H,5-6,17-18H2,1-4H3;7-16,18H,5-6,17H2,1-4H3. The number of hydrogen-bond donors (Lipinski definition) is 0. The maximum atomic E-state index is 12.3. The molecule has 0 saturated carbocycles. The van der Waals surface area contributed by atoms with Crippen LogP contribution in [-0.4, -0.2) is 34.0 Å². The highest BCUT2D eigenvalue weighted by molar-refractivity contribution is 5.91. The Balaban J connectivity index is 0.000000251. The third kappa shape index (κ3) is 15.7. The normalized spacial score (nSPS) is 11.2. The summed E-state index contributed by atoms with van der Waals surface area (Å²) in [5.41, 5.74) is 5.60. The van der Waals surface area contributed by atoms with Gasteiger partial charge in [-0.25, -0.2) is 9.59 Å². The third-order valence-electron chi connectivity index (χ3n) is 10.8. The minimum Gasteiger partial charge on any atom is -0.487 e. The molecule has 0 amide bonds. The number of nitro benzene ring substituents is 2. The van der Waals surface area contributed by atoms with Crippen LogP contribution in [0, 0.1) is 39.5 Å². The summed E-state index contributed by atoms with van der Waals surface area (Å²) in [6, 6.07) is 38.0. The topological polar surface area (TPSA) is 157 Å². The van der Waals surface area contributed by atoms with Crippen LogP contribution in [0.2, 0.25) is 0 Å². The summed E-state index contributed by atoms with van der Waals surface area (Å²) in [6.07, 6.45) is 5.76. The Labute approximate surface area is 393 Å². The van der Waals surface area contributed by atoms with Crippen molar-refractivity contribution in [1.29, 1.82) is 0 Å². The molecule has 0 heterocycles. The second-order valence-electron chi connectivity index (χ2n) is 18.3. The summed E-state index contributed by atoms with van der Waals surface area (Å²) < 4.78 is 22.6. The van der Waals surface area contributed by atoms with E-state index in [1.54, 1.807) is 97.1 Å². The molecule has 0 aliphatic rings. The summed E-state index contributed by atoms with van der Waals surface area (Å²) in [5.74, 6) is 0.454. The maximum Gasteiger partial charge on any atom is 0.343 e. The van der Waals surface area contributed by atoms with Gasteiger partial charge in [0.05, 0.1) is 27.6 Å². The van der Waals surface area contributed by atoms with Gasteiger partial charge in [-0.05, 0) is 148 Å². The van der Waals surface area contributed by atoms with E-state index in [0.29, 0.717) is 40.4 Å². The first-order valence-electron chi connectivity index (χ1n) is 22.5. The van der Waals surface area contributed by atoms with Crippen LogP contribution >= 0.6 is 0 Å². The molecule has 0 radical (unpaired) electrons. The van der Waals surface area contributed by atoms with Gasteiger partial charge in [0.1, 0.15) is 17.1 Å². The van der Waals surface area contributed by atoms with Gasteiger partial charge >= 0.3 is 23.3 Å². The van der Waals surface area contributed by atoms with Crippen molar-refractivity contribution in [3.63, 3.8) is 0 Å². The van der Waals surface area contributed by atoms with E-state index in [2.05, 4.69) is 27.7 Å². The number of unbranched alkanes of at least 4 members (excludes halogenated alkanes) is 2. The molecule has 6 aromatic carbocycles. The van der Waals surface area contributed by atoms with Gasteiger partial charge in [-0.1, -0.05) is 106 Å². The minimum absolute atomic E-state index is 0.0665. The molecule has 12 heteroatoms. The summed E-state index contributed by atoms with van der Waals surface area (Å²) in [4.78, 5) is 47.1. The molecule has 6 aromatic rings. The number of ether oxygens (including phenoxy) is 4. The number of aryl methyl sites for hydroxylation is 2. The monoisotopic (exact) mass is 908 g/mol. The molecule has 67 heavy (non-hydrogen) atoms. The van der Waals surface area contributed by atoms with Crippen LogP contribution in [0.15, 0.2) is 133 Å². The first kappa shape index (κ1) is 50.7. The molecule has 350 valence electrons. The van der Waals surface area contributed by atoms with Crippen molar-refractivity contribution >= 4 is 23.3 Å². The Morgan fingerprint density at radius 2 is 0.940 bits per heavy atom. The predicted octanol–water partition coefficient (Wildman–Crippen LogP) is 14.5. The molecule has 0 unspecified atom stereocenters. The van der Waals surface area contributed by atoms with E-state index < -0.39 is 27.4 Å². The molecule has 0 saturated heterocycles. The zero-order valence-corrected chi connectivity index (χ0v) is 39.6. The molecule has 0 atom stereocenters. The van der Waals surface area contributed by atoms with E-state index in [9.17, 15) is 29.8 Å². The number of nitro groups is 2. The second kappa shape index (κ2) is 23.2. The fourth-order valence-electron chi connectivity index (χ4n) is 6.92. The van der Waals surface area contributed by atoms with Crippen molar-refractivity contribution in [1.82, 2.24) is 0 Å². The Morgan fingerprint density at radius 1 is 0.522 bits per heavy atom. The number of carbonyl (C=O) groups is 2. The van der Waals surface area contributed by atoms with Crippen molar-refractivity contribution < 1.29 is 38.4 Å². The molecule has 0 fully saturated rings. The van der Waals surface area contributed by atoms with Gasteiger partial charge < -0.3 is 18.9 Å². The minimum atomic E-state index is -0.495. The van der Waals surface area contributed by atoms with E-state index in [0.717, 1.165) is 60.8 Å². The zero-order valence-electron chi connectivity index (χ0n) is 39.6. The second-order valence-corrected chi connectivity index (χ2v) is 18.3. The van der Waals surface area contributed by atoms with E-state index in [-0.39, 0.29) is 28.3 Å². The Kier molecular flexibility index (Phi) is 17.6. The first-order chi connectivity index (χ1) is 31.8. The number of nitrogens with zero attached hydrogens (tertiary/aromatic N) is 2. The van der Waals surface area contributed by atoms with Crippen LogP contribution < -0.4 is 18.9 Å². The third-order valence-corrected chi connectivity index (χ3v) is 10.8. The van der Waals surface area contributed by atoms with E-state index in [4.69, 9.17) is 18.9 Å². The average Bonchev–Trinajstić information content (AvgIpc) is 3.29. The van der Waals surface area contributed by atoms with E-state index >= 15 is 0 Å². The van der Waals surface area contributed by atoms with Crippen molar-refractivity contribution in [2.45, 2.75) is 99.5 Å². The highest BCUT2D eigenvalue weighted by atomic mass is 16.6. The number of carbonyl (C=O) groups excluding carboxylic acids is 2. The molecule has 0 bridgehead atoms. The maximum absolute atomic E-state index is 12.3. The number of esters is 2. The van der Waals surface area contributed by atoms with Crippen molar-refractivity contribution in [2.24, 2.45) is 5.41 Å². The molecule has 6 rings (SSSR count). The van der Waals surface area contributed by atoms with Crippen LogP contribution in [0.5, 0.6) is 23.0 Å². The fraction of sp³-hybridized carbons (Fsp3) is 0.309. The van der Waals surface area contributed by atoms with Gasteiger partial charge in [-0.2, -0.15) is 0 Å². The van der Waals surface area contributed by atoms with Crippen LogP contribution in [0.3, 0.4) is 0 Å². The Bertz CT molecular complexity index is 2610. The zero-order chi connectivity index (χ0) is 48.7. The smallest absolute Gasteiger partial charge is 0.343 e. The highest BCUT2D eigenvalue weighted by Gasteiger charge is 2.25. The molecule has 0 aromatic heterocycles. The van der Waals surface area contributed by atoms with Crippen LogP contribution in [0.4, 0.5) is 11.4 Å². The lowest BCUT2D eigenvalue weighted by molar-refractivity contribution is -0.386. The van der Waals surface area contributed by atoms with Gasteiger partial charge in [-0.15, -0.1) is 0 Å². The summed E-state index contributed by atoms with van der Waals surface area (Å²) >= 11 is 0. The molecular formula is C55H60N2O10. The quantitative estimate of drug-likeness (QED) is 0.0267. The lowest BCUT2D eigenvalue weighted by Gasteiger charge is -2.26. The van der Waals surface area contributed by atoms with Gasteiger partial charge in [-0.3, -0.25) is 20.2 Å². The number of hydrogen-bond acceptors (Lipinski definition) is 10. The largest absolute Gasteiger partial charge is 0.487 e. The Morgan fingerprint density at radius 3 is 1.36 bits per heavy atom. The molecule has 12 nitrogen and oxygen atoms in total. The van der Waals surface area contributed by atoms with Gasteiger partial charge in [0.15, 0.2) is 11.5 Å². The van der Waals surface area contributed by atoms with Gasteiger partial charge in [0.2, 0.25) is 0 Å². The molecule has 0 spiro atoms. The van der Waals surface area contributed by atoms with Crippen LogP contribution in [-0.2, 0) is 0 Å². The van der Waals surface area contributed by atoms with Crippen molar-refractivity contribution in [3.8, 4) is 45.3 Å². The SMILES string of the molecule is CCCCC(C)(C)Oc1ccc(-c2ccc(OC(=O)c3ccc(C)cc3)cc2)cc1[N+](=O)[O-].Cc1ccc(C(=O)Oc2ccc(-c3ccc(OCCCCC(C)(C)C)c([N+](=O)[O-])c3)cc2)cc1. The lowest BCUT2D eigenvalue weighted by Crippen LogP contribution is -2.28. The number of rotatable bonds is 18. The number of benzene rings is 6. The highest BCUT2D eigenvalue weighted by Crippen LogP contribution is 2.37. The van der Waals surface area contributed by atoms with E-state index in [1.807, 2.05) is 52.0 Å². The predicted molar refractivity (Wildman–Crippen MR) is 262 cm³/mol.